The van der Waals surface area contributed by atoms with Crippen molar-refractivity contribution in [3.05, 3.63) is 28.8 Å². The zero-order chi connectivity index (χ0) is 31.4. The normalized spacial score (nSPS) is 29.4. The third-order valence-corrected chi connectivity index (χ3v) is 8.94. The van der Waals surface area contributed by atoms with Gasteiger partial charge in [0.1, 0.15) is 5.75 Å². The van der Waals surface area contributed by atoms with Crippen molar-refractivity contribution in [3.63, 3.8) is 0 Å². The Hall–Kier alpha value is -3.41. The fourth-order valence-electron chi connectivity index (χ4n) is 7.26. The standard InChI is InChI=1S/C31H42N4O7/c1-15(2)14-35(7)10-8-9-16-13-20(33(3)4)18-11-17-12-19-24(34(5)6)27(38)23(30(32)41)29(40)31(19,42)28(39)21(17)26(37)22(18)25(16)36/h8-9,13,15,17,19,21,23-24,36,42H,10-12,14H2,1-7H3,(H2,32,41)/b9-8+/t17-,19-,21?,23?,24?,31-/m0/s1. The molecule has 1 aromatic carbocycles. The smallest absolute Gasteiger partial charge is 0.235 e. The van der Waals surface area contributed by atoms with Gasteiger partial charge in [0.25, 0.3) is 0 Å². The molecule has 2 saturated carbocycles. The molecule has 3 aliphatic carbocycles. The first-order valence-electron chi connectivity index (χ1n) is 14.3. The summed E-state index contributed by atoms with van der Waals surface area (Å²) < 4.78 is 0. The van der Waals surface area contributed by atoms with Gasteiger partial charge in [0.15, 0.2) is 34.7 Å². The number of nitrogens with two attached hydrogens (primary N) is 1. The van der Waals surface area contributed by atoms with Crippen molar-refractivity contribution in [2.45, 2.75) is 38.3 Å². The molecule has 0 heterocycles. The first kappa shape index (κ1) is 31.5. The summed E-state index contributed by atoms with van der Waals surface area (Å²) >= 11 is 0. The van der Waals surface area contributed by atoms with Crippen LogP contribution in [0.15, 0.2) is 12.1 Å². The largest absolute Gasteiger partial charge is 0.507 e. The monoisotopic (exact) mass is 582 g/mol. The molecule has 1 amide bonds. The first-order valence-corrected chi connectivity index (χ1v) is 14.3. The van der Waals surface area contributed by atoms with E-state index in [2.05, 4.69) is 18.7 Å². The lowest BCUT2D eigenvalue weighted by Crippen LogP contribution is -2.74. The zero-order valence-corrected chi connectivity index (χ0v) is 25.4. The number of anilines is 1. The lowest BCUT2D eigenvalue weighted by atomic mass is 9.52. The Bertz CT molecular complexity index is 1370. The molecule has 0 aliphatic heterocycles. The first-order chi connectivity index (χ1) is 19.5. The molecule has 4 N–H and O–H groups in total. The van der Waals surface area contributed by atoms with Crippen LogP contribution in [0, 0.1) is 29.6 Å². The van der Waals surface area contributed by atoms with Gasteiger partial charge in [-0.15, -0.1) is 0 Å². The van der Waals surface area contributed by atoms with E-state index in [0.717, 1.165) is 6.54 Å². The van der Waals surface area contributed by atoms with Gasteiger partial charge in [-0.3, -0.25) is 28.9 Å². The third-order valence-electron chi connectivity index (χ3n) is 8.94. The summed E-state index contributed by atoms with van der Waals surface area (Å²) in [6, 6.07) is 0.671. The summed E-state index contributed by atoms with van der Waals surface area (Å²) in [6.07, 6.45) is 3.86. The van der Waals surface area contributed by atoms with Crippen LogP contribution < -0.4 is 10.6 Å². The van der Waals surface area contributed by atoms with Crippen molar-refractivity contribution in [1.82, 2.24) is 9.80 Å². The van der Waals surface area contributed by atoms with E-state index in [9.17, 15) is 34.2 Å². The molecule has 0 saturated heterocycles. The highest BCUT2D eigenvalue weighted by Gasteiger charge is 2.69. The van der Waals surface area contributed by atoms with Gasteiger partial charge >= 0.3 is 0 Å². The van der Waals surface area contributed by atoms with Crippen molar-refractivity contribution in [3.8, 4) is 5.75 Å². The Morgan fingerprint density at radius 2 is 1.76 bits per heavy atom. The van der Waals surface area contributed by atoms with E-state index >= 15 is 0 Å². The van der Waals surface area contributed by atoms with Crippen LogP contribution in [0.25, 0.3) is 6.08 Å². The molecule has 4 rings (SSSR count). The number of Topliss-reactive ketones (excluding diaryl/α,β-unsaturated/α-hetero) is 4. The van der Waals surface area contributed by atoms with Crippen LogP contribution in [0.3, 0.4) is 0 Å². The summed E-state index contributed by atoms with van der Waals surface area (Å²) in [5.41, 5.74) is 4.31. The van der Waals surface area contributed by atoms with Crippen LogP contribution in [-0.4, -0.2) is 109 Å². The minimum atomic E-state index is -2.74. The van der Waals surface area contributed by atoms with E-state index in [0.29, 0.717) is 29.3 Å². The second-order valence-corrected chi connectivity index (χ2v) is 12.9. The quantitative estimate of drug-likeness (QED) is 0.369. The van der Waals surface area contributed by atoms with Crippen LogP contribution in [0.1, 0.15) is 41.8 Å². The zero-order valence-electron chi connectivity index (χ0n) is 25.4. The number of benzene rings is 1. The number of aliphatic hydroxyl groups is 1. The van der Waals surface area contributed by atoms with E-state index < -0.39 is 64.4 Å². The molecule has 0 radical (unpaired) electrons. The van der Waals surface area contributed by atoms with Gasteiger partial charge in [-0.05, 0) is 57.5 Å². The van der Waals surface area contributed by atoms with Crippen molar-refractivity contribution in [2.24, 2.45) is 35.3 Å². The molecule has 0 spiro atoms. The number of aromatic hydroxyl groups is 1. The van der Waals surface area contributed by atoms with Crippen LogP contribution in [-0.2, 0) is 25.6 Å². The maximum Gasteiger partial charge on any atom is 0.235 e. The summed E-state index contributed by atoms with van der Waals surface area (Å²) in [5.74, 6) is -10.0. The van der Waals surface area contributed by atoms with E-state index in [4.69, 9.17) is 5.73 Å². The molecule has 0 bridgehead atoms. The summed E-state index contributed by atoms with van der Waals surface area (Å²) in [7, 11) is 8.76. The Morgan fingerprint density at radius 3 is 2.31 bits per heavy atom. The van der Waals surface area contributed by atoms with E-state index in [1.807, 2.05) is 32.1 Å². The average molecular weight is 583 g/mol. The van der Waals surface area contributed by atoms with Crippen LogP contribution in [0.2, 0.25) is 0 Å². The Morgan fingerprint density at radius 1 is 1.12 bits per heavy atom. The lowest BCUT2D eigenvalue weighted by Gasteiger charge is -2.52. The maximum atomic E-state index is 14.1. The Balaban J connectivity index is 1.81. The lowest BCUT2D eigenvalue weighted by molar-refractivity contribution is -0.181. The SMILES string of the molecule is CC(C)CN(C)C/C=C/c1cc(N(C)C)c2c(c1O)C(=O)C1C(=O)[C@]3(O)C(=O)C(C(N)=O)C(=O)C(N(C)C)[C@@H]3C[C@@H]1C2. The molecule has 42 heavy (non-hydrogen) atoms. The van der Waals surface area contributed by atoms with Gasteiger partial charge in [0.2, 0.25) is 5.91 Å². The van der Waals surface area contributed by atoms with Crippen LogP contribution in [0.4, 0.5) is 5.69 Å². The highest BCUT2D eigenvalue weighted by atomic mass is 16.3. The predicted molar refractivity (Wildman–Crippen MR) is 157 cm³/mol. The van der Waals surface area contributed by atoms with Crippen molar-refractivity contribution in [1.29, 1.82) is 0 Å². The van der Waals surface area contributed by atoms with Gasteiger partial charge in [0.05, 0.1) is 17.5 Å². The minimum Gasteiger partial charge on any atom is -0.507 e. The van der Waals surface area contributed by atoms with Crippen molar-refractivity contribution >= 4 is 40.8 Å². The number of rotatable bonds is 8. The van der Waals surface area contributed by atoms with Crippen LogP contribution in [0.5, 0.6) is 5.75 Å². The number of carbonyl (C=O) groups excluding carboxylic acids is 5. The molecule has 2 fully saturated rings. The fraction of sp³-hybridized carbons (Fsp3) is 0.581. The van der Waals surface area contributed by atoms with Gasteiger partial charge in [-0.1, -0.05) is 26.0 Å². The van der Waals surface area contributed by atoms with Gasteiger partial charge in [-0.25, -0.2) is 0 Å². The van der Waals surface area contributed by atoms with Crippen molar-refractivity contribution < 1.29 is 34.2 Å². The number of nitrogens with zero attached hydrogens (tertiary/aromatic N) is 3. The Kier molecular flexibility index (Phi) is 8.52. The highest BCUT2D eigenvalue weighted by molar-refractivity contribution is 6.32. The predicted octanol–water partition coefficient (Wildman–Crippen LogP) is 0.534. The van der Waals surface area contributed by atoms with E-state index in [1.54, 1.807) is 26.2 Å². The third kappa shape index (κ3) is 4.97. The second kappa shape index (κ2) is 11.3. The number of ketones is 4. The van der Waals surface area contributed by atoms with E-state index in [-0.39, 0.29) is 24.2 Å². The second-order valence-electron chi connectivity index (χ2n) is 12.9. The molecule has 6 atom stereocenters. The maximum absolute atomic E-state index is 14.1. The van der Waals surface area contributed by atoms with Gasteiger partial charge in [-0.2, -0.15) is 0 Å². The number of hydrogen-bond donors (Lipinski definition) is 3. The number of likely N-dealkylation sites (N-methyl/N-ethyl adjacent to an activating group) is 2. The summed E-state index contributed by atoms with van der Waals surface area (Å²) in [4.78, 5) is 72.5. The average Bonchev–Trinajstić information content (AvgIpc) is 2.86. The molecule has 228 valence electrons. The topological polar surface area (TPSA) is 162 Å². The Labute approximate surface area is 246 Å². The molecular weight excluding hydrogens is 540 g/mol. The highest BCUT2D eigenvalue weighted by Crippen LogP contribution is 2.52. The number of amides is 1. The molecule has 1 aromatic rings. The number of phenolic OH excluding ortho intramolecular Hbond substituents is 1. The summed E-state index contributed by atoms with van der Waals surface area (Å²) in [6.45, 7) is 5.74. The number of fused-ring (bicyclic) bond motifs is 3. The number of hydrogen-bond acceptors (Lipinski definition) is 10. The van der Waals surface area contributed by atoms with Gasteiger partial charge in [0, 0.05) is 44.4 Å². The fourth-order valence-corrected chi connectivity index (χ4v) is 7.26. The van der Waals surface area contributed by atoms with Crippen molar-refractivity contribution in [2.75, 3.05) is 53.2 Å². The molecule has 0 aromatic heterocycles. The molecule has 3 aliphatic rings. The molecule has 11 heteroatoms. The molecule has 11 nitrogen and oxygen atoms in total. The molecule has 3 unspecified atom stereocenters. The molecular formula is C31H42N4O7. The van der Waals surface area contributed by atoms with Crippen LogP contribution >= 0.6 is 0 Å². The number of primary amides is 1. The number of phenols is 1. The summed E-state index contributed by atoms with van der Waals surface area (Å²) in [5, 5.41) is 23.1. The van der Waals surface area contributed by atoms with Gasteiger partial charge < -0.3 is 25.7 Å². The number of carbonyl (C=O) groups is 5. The minimum absolute atomic E-state index is 0.0111. The van der Waals surface area contributed by atoms with E-state index in [1.165, 1.54) is 4.90 Å².